The highest BCUT2D eigenvalue weighted by atomic mass is 32.1. The largest absolute Gasteiger partial charge is 0.419 e. The van der Waals surface area contributed by atoms with Gasteiger partial charge < -0.3 is 9.52 Å². The molecule has 6 nitrogen and oxygen atoms in total. The Bertz CT molecular complexity index is 783. The van der Waals surface area contributed by atoms with Gasteiger partial charge in [-0.1, -0.05) is 6.07 Å². The van der Waals surface area contributed by atoms with Crippen LogP contribution in [-0.2, 0) is 6.54 Å². The van der Waals surface area contributed by atoms with Crippen LogP contribution in [0.5, 0.6) is 0 Å². The van der Waals surface area contributed by atoms with E-state index in [0.29, 0.717) is 24.2 Å². The Morgan fingerprint density at radius 2 is 2.12 bits per heavy atom. The Hall–Kier alpha value is -2.09. The first-order chi connectivity index (χ1) is 12.3. The van der Waals surface area contributed by atoms with Crippen molar-refractivity contribution in [1.29, 1.82) is 0 Å². The van der Waals surface area contributed by atoms with Crippen molar-refractivity contribution in [3.05, 3.63) is 52.8 Å². The third kappa shape index (κ3) is 3.78. The van der Waals surface area contributed by atoms with Gasteiger partial charge in [0.2, 0.25) is 11.8 Å². The van der Waals surface area contributed by atoms with Crippen molar-refractivity contribution in [2.45, 2.75) is 25.5 Å². The molecule has 7 heteroatoms. The summed E-state index contributed by atoms with van der Waals surface area (Å²) in [6.07, 6.45) is 5.04. The average Bonchev–Trinajstić information content (AvgIpc) is 3.35. The van der Waals surface area contributed by atoms with Crippen molar-refractivity contribution >= 4 is 11.3 Å². The van der Waals surface area contributed by atoms with Crippen LogP contribution >= 0.6 is 11.3 Å². The SMILES string of the molecule is OC(c1cccs1)C1CCN(Cc2nnc(-c3cccnc3)o2)CC1. The molecule has 1 fully saturated rings. The molecule has 0 aromatic carbocycles. The Morgan fingerprint density at radius 3 is 2.84 bits per heavy atom. The normalized spacial score (nSPS) is 17.6. The molecular weight excluding hydrogens is 336 g/mol. The maximum atomic E-state index is 10.5. The zero-order valence-electron chi connectivity index (χ0n) is 13.8. The maximum Gasteiger partial charge on any atom is 0.249 e. The number of nitrogens with zero attached hydrogens (tertiary/aromatic N) is 4. The lowest BCUT2D eigenvalue weighted by Gasteiger charge is -2.33. The number of hydrogen-bond acceptors (Lipinski definition) is 7. The molecule has 4 heterocycles. The molecule has 4 rings (SSSR count). The van der Waals surface area contributed by atoms with Gasteiger partial charge in [0.15, 0.2) is 0 Å². The van der Waals surface area contributed by atoms with Gasteiger partial charge in [-0.05, 0) is 55.4 Å². The number of thiophene rings is 1. The molecule has 3 aromatic heterocycles. The standard InChI is InChI=1S/C18H20N4O2S/c23-17(15-4-2-10-25-15)13-5-8-22(9-6-13)12-16-20-21-18(24-16)14-3-1-7-19-11-14/h1-4,7,10-11,13,17,23H,5-6,8-9,12H2. The lowest BCUT2D eigenvalue weighted by Crippen LogP contribution is -2.35. The van der Waals surface area contributed by atoms with E-state index in [1.54, 1.807) is 23.7 Å². The molecule has 0 amide bonds. The molecular formula is C18H20N4O2S. The molecule has 0 bridgehead atoms. The van der Waals surface area contributed by atoms with Gasteiger partial charge in [-0.2, -0.15) is 0 Å². The monoisotopic (exact) mass is 356 g/mol. The molecule has 130 valence electrons. The lowest BCUT2D eigenvalue weighted by molar-refractivity contribution is 0.0567. The van der Waals surface area contributed by atoms with Crippen molar-refractivity contribution in [3.63, 3.8) is 0 Å². The first kappa shape index (κ1) is 16.4. The van der Waals surface area contributed by atoms with Gasteiger partial charge in [0.1, 0.15) is 0 Å². The van der Waals surface area contributed by atoms with Gasteiger partial charge in [-0.15, -0.1) is 21.5 Å². The fourth-order valence-corrected chi connectivity index (χ4v) is 4.04. The van der Waals surface area contributed by atoms with Crippen LogP contribution in [0.2, 0.25) is 0 Å². The Morgan fingerprint density at radius 1 is 1.24 bits per heavy atom. The van der Waals surface area contributed by atoms with Crippen molar-refractivity contribution in [2.75, 3.05) is 13.1 Å². The van der Waals surface area contributed by atoms with E-state index in [-0.39, 0.29) is 6.10 Å². The summed E-state index contributed by atoms with van der Waals surface area (Å²) >= 11 is 1.63. The van der Waals surface area contributed by atoms with E-state index >= 15 is 0 Å². The molecule has 1 atom stereocenters. The summed E-state index contributed by atoms with van der Waals surface area (Å²) in [7, 11) is 0. The molecule has 0 aliphatic carbocycles. The van der Waals surface area contributed by atoms with Crippen molar-refractivity contribution in [2.24, 2.45) is 5.92 Å². The average molecular weight is 356 g/mol. The van der Waals surface area contributed by atoms with Crippen LogP contribution in [0.25, 0.3) is 11.5 Å². The second-order valence-electron chi connectivity index (χ2n) is 6.32. The van der Waals surface area contributed by atoms with E-state index in [4.69, 9.17) is 4.42 Å². The van der Waals surface area contributed by atoms with E-state index in [1.165, 1.54) is 0 Å². The minimum Gasteiger partial charge on any atom is -0.419 e. The number of rotatable bonds is 5. The van der Waals surface area contributed by atoms with Crippen LogP contribution in [0.15, 0.2) is 46.5 Å². The molecule has 0 radical (unpaired) electrons. The highest BCUT2D eigenvalue weighted by Gasteiger charge is 2.27. The Labute approximate surface area is 150 Å². The second-order valence-corrected chi connectivity index (χ2v) is 7.30. The molecule has 25 heavy (non-hydrogen) atoms. The topological polar surface area (TPSA) is 75.3 Å². The zero-order valence-corrected chi connectivity index (χ0v) is 14.6. The fourth-order valence-electron chi connectivity index (χ4n) is 3.23. The highest BCUT2D eigenvalue weighted by molar-refractivity contribution is 7.10. The number of hydrogen-bond donors (Lipinski definition) is 1. The quantitative estimate of drug-likeness (QED) is 0.757. The number of piperidine rings is 1. The van der Waals surface area contributed by atoms with Gasteiger partial charge in [0, 0.05) is 17.3 Å². The van der Waals surface area contributed by atoms with Gasteiger partial charge in [0.25, 0.3) is 0 Å². The van der Waals surface area contributed by atoms with Gasteiger partial charge >= 0.3 is 0 Å². The molecule has 1 aliphatic heterocycles. The molecule has 1 aliphatic rings. The summed E-state index contributed by atoms with van der Waals surface area (Å²) in [6.45, 7) is 2.50. The predicted molar refractivity (Wildman–Crippen MR) is 94.8 cm³/mol. The van der Waals surface area contributed by atoms with E-state index in [1.807, 2.05) is 29.6 Å². The Balaban J connectivity index is 1.32. The van der Waals surface area contributed by atoms with Gasteiger partial charge in [-0.3, -0.25) is 9.88 Å². The third-order valence-corrected chi connectivity index (χ3v) is 5.59. The van der Waals surface area contributed by atoms with E-state index in [2.05, 4.69) is 20.1 Å². The maximum absolute atomic E-state index is 10.5. The summed E-state index contributed by atoms with van der Waals surface area (Å²) in [4.78, 5) is 7.44. The molecule has 1 unspecified atom stereocenters. The summed E-state index contributed by atoms with van der Waals surface area (Å²) in [6, 6.07) is 7.76. The van der Waals surface area contributed by atoms with Crippen LogP contribution < -0.4 is 0 Å². The van der Waals surface area contributed by atoms with Crippen LogP contribution in [0.3, 0.4) is 0 Å². The van der Waals surface area contributed by atoms with Crippen molar-refractivity contribution < 1.29 is 9.52 Å². The molecule has 3 aromatic rings. The second kappa shape index (κ2) is 7.43. The van der Waals surface area contributed by atoms with Crippen LogP contribution in [0.4, 0.5) is 0 Å². The number of aliphatic hydroxyl groups is 1. The zero-order chi connectivity index (χ0) is 17.1. The number of aliphatic hydroxyl groups excluding tert-OH is 1. The van der Waals surface area contributed by atoms with E-state index < -0.39 is 0 Å². The van der Waals surface area contributed by atoms with Crippen LogP contribution in [0.1, 0.15) is 29.7 Å². The minimum atomic E-state index is -0.345. The van der Waals surface area contributed by atoms with Gasteiger partial charge in [0.05, 0.1) is 18.2 Å². The lowest BCUT2D eigenvalue weighted by atomic mass is 9.90. The third-order valence-electron chi connectivity index (χ3n) is 4.65. The minimum absolute atomic E-state index is 0.323. The highest BCUT2D eigenvalue weighted by Crippen LogP contribution is 2.33. The van der Waals surface area contributed by atoms with Crippen molar-refractivity contribution in [1.82, 2.24) is 20.1 Å². The van der Waals surface area contributed by atoms with E-state index in [0.717, 1.165) is 36.4 Å². The number of pyridine rings is 1. The first-order valence-corrected chi connectivity index (χ1v) is 9.34. The van der Waals surface area contributed by atoms with Gasteiger partial charge in [-0.25, -0.2) is 0 Å². The fraction of sp³-hybridized carbons (Fsp3) is 0.389. The summed E-state index contributed by atoms with van der Waals surface area (Å²) in [5.41, 5.74) is 0.832. The molecule has 1 N–H and O–H groups in total. The smallest absolute Gasteiger partial charge is 0.249 e. The summed E-state index contributed by atoms with van der Waals surface area (Å²) in [5.74, 6) is 1.45. The summed E-state index contributed by atoms with van der Waals surface area (Å²) < 4.78 is 5.75. The number of aromatic nitrogens is 3. The first-order valence-electron chi connectivity index (χ1n) is 8.46. The van der Waals surface area contributed by atoms with Crippen LogP contribution in [-0.4, -0.2) is 38.3 Å². The predicted octanol–water partition coefficient (Wildman–Crippen LogP) is 3.14. The number of likely N-dealkylation sites (tertiary alicyclic amines) is 1. The van der Waals surface area contributed by atoms with Crippen LogP contribution in [0, 0.1) is 5.92 Å². The molecule has 0 saturated carbocycles. The molecule has 0 spiro atoms. The summed E-state index contributed by atoms with van der Waals surface area (Å²) in [5, 5.41) is 20.8. The van der Waals surface area contributed by atoms with E-state index in [9.17, 15) is 5.11 Å². The Kier molecular flexibility index (Phi) is 4.87. The van der Waals surface area contributed by atoms with Crippen molar-refractivity contribution in [3.8, 4) is 11.5 Å². The molecule has 1 saturated heterocycles.